The van der Waals surface area contributed by atoms with Crippen LogP contribution in [-0.2, 0) is 0 Å². The van der Waals surface area contributed by atoms with Crippen LogP contribution in [0.4, 0.5) is 0 Å². The lowest BCUT2D eigenvalue weighted by atomic mass is 9.52. The van der Waals surface area contributed by atoms with Crippen LogP contribution in [0.3, 0.4) is 0 Å². The van der Waals surface area contributed by atoms with E-state index >= 15 is 0 Å². The largest absolute Gasteiger partial charge is 0.0996 e. The highest BCUT2D eigenvalue weighted by Crippen LogP contribution is 2.56. The zero-order valence-corrected chi connectivity index (χ0v) is 10.5. The molecule has 15 heavy (non-hydrogen) atoms. The Morgan fingerprint density at radius 2 is 2.13 bits per heavy atom. The summed E-state index contributed by atoms with van der Waals surface area (Å²) in [4.78, 5) is 0. The first kappa shape index (κ1) is 11.0. The third-order valence-electron chi connectivity index (χ3n) is 4.57. The number of hydrogen-bond donors (Lipinski definition) is 0. The Morgan fingerprint density at radius 3 is 2.80 bits per heavy atom. The first-order valence-electron chi connectivity index (χ1n) is 6.34. The van der Waals surface area contributed by atoms with Gasteiger partial charge in [-0.3, -0.25) is 0 Å². The lowest BCUT2D eigenvalue weighted by Crippen LogP contribution is -2.44. The summed E-state index contributed by atoms with van der Waals surface area (Å²) in [5.41, 5.74) is 3.68. The number of allylic oxidation sites excluding steroid dienone is 3. The minimum atomic E-state index is 0. The van der Waals surface area contributed by atoms with E-state index < -0.39 is 0 Å². The molecular formula is C15H26. The van der Waals surface area contributed by atoms with Crippen molar-refractivity contribution in [1.29, 1.82) is 0 Å². The lowest BCUT2D eigenvalue weighted by molar-refractivity contribution is 0.00384. The number of fused-ring (bicyclic) bond motifs is 1. The zero-order chi connectivity index (χ0) is 11.1. The molecular weight excluding hydrogens is 180 g/mol. The van der Waals surface area contributed by atoms with Gasteiger partial charge in [0.05, 0.1) is 0 Å². The van der Waals surface area contributed by atoms with Crippen molar-refractivity contribution >= 4 is 0 Å². The molecule has 0 amide bonds. The number of hydrogen-bond acceptors (Lipinski definition) is 0. The average Bonchev–Trinajstić information content (AvgIpc) is 2.18. The molecule has 0 bridgehead atoms. The fraction of sp³-hybridized carbons (Fsp3) is 0.733. The summed E-state index contributed by atoms with van der Waals surface area (Å²) in [6.45, 7) is 11.4. The zero-order valence-electron chi connectivity index (χ0n) is 10.5. The molecule has 0 aliphatic heterocycles. The van der Waals surface area contributed by atoms with Gasteiger partial charge in [0.2, 0.25) is 0 Å². The molecule has 2 atom stereocenters. The summed E-state index contributed by atoms with van der Waals surface area (Å²) in [5.74, 6) is 1.73. The van der Waals surface area contributed by atoms with Crippen molar-refractivity contribution in [3.05, 3.63) is 23.8 Å². The summed E-state index contributed by atoms with van der Waals surface area (Å²) in [6.07, 6.45) is 8.90. The SMILES string of the molecule is C=C1CC/C=C(\C)CC[C@H]2C1CC2(C)C.[HH]. The van der Waals surface area contributed by atoms with E-state index in [1.807, 2.05) is 0 Å². The molecule has 2 rings (SSSR count). The van der Waals surface area contributed by atoms with Crippen LogP contribution in [0, 0.1) is 17.3 Å². The minimum absolute atomic E-state index is 0. The topological polar surface area (TPSA) is 0 Å². The van der Waals surface area contributed by atoms with Crippen molar-refractivity contribution < 1.29 is 1.43 Å². The molecule has 0 N–H and O–H groups in total. The second kappa shape index (κ2) is 3.81. The molecule has 0 radical (unpaired) electrons. The Bertz CT molecular complexity index is 299. The van der Waals surface area contributed by atoms with E-state index in [0.717, 1.165) is 11.8 Å². The normalized spacial score (nSPS) is 38.9. The van der Waals surface area contributed by atoms with Gasteiger partial charge in [-0.15, -0.1) is 0 Å². The fourth-order valence-corrected chi connectivity index (χ4v) is 3.44. The average molecular weight is 206 g/mol. The van der Waals surface area contributed by atoms with E-state index in [2.05, 4.69) is 33.4 Å². The van der Waals surface area contributed by atoms with Gasteiger partial charge in [0.1, 0.15) is 0 Å². The Balaban J connectivity index is 0.00000128. The van der Waals surface area contributed by atoms with Crippen LogP contribution in [0.25, 0.3) is 0 Å². The first-order chi connectivity index (χ1) is 7.00. The predicted octanol–water partition coefficient (Wildman–Crippen LogP) is 4.97. The highest BCUT2D eigenvalue weighted by molar-refractivity contribution is 5.16. The fourth-order valence-electron chi connectivity index (χ4n) is 3.44. The van der Waals surface area contributed by atoms with Crippen molar-refractivity contribution in [3.63, 3.8) is 0 Å². The van der Waals surface area contributed by atoms with E-state index in [4.69, 9.17) is 0 Å². The molecule has 0 saturated heterocycles. The first-order valence-corrected chi connectivity index (χ1v) is 6.34. The second-order valence-electron chi connectivity index (χ2n) is 6.19. The van der Waals surface area contributed by atoms with Crippen molar-refractivity contribution in [3.8, 4) is 0 Å². The van der Waals surface area contributed by atoms with Crippen LogP contribution in [0.5, 0.6) is 0 Å². The molecule has 0 spiro atoms. The molecule has 0 aromatic carbocycles. The molecule has 1 fully saturated rings. The standard InChI is InChI=1S/C15H24.H2/c1-11-6-5-7-12(2)13-10-15(3,4)14(13)9-8-11;/h6,13-14H,2,5,7-10H2,1,3-4H3;1H/b11-6+;/t13?,14-;/m0./s1. The molecule has 2 aliphatic rings. The van der Waals surface area contributed by atoms with Crippen LogP contribution >= 0.6 is 0 Å². The maximum absolute atomic E-state index is 4.30. The van der Waals surface area contributed by atoms with Gasteiger partial charge < -0.3 is 0 Å². The molecule has 2 aliphatic carbocycles. The van der Waals surface area contributed by atoms with Gasteiger partial charge in [0, 0.05) is 1.43 Å². The molecule has 0 heterocycles. The van der Waals surface area contributed by atoms with Crippen molar-refractivity contribution in [2.45, 2.75) is 52.9 Å². The summed E-state index contributed by atoms with van der Waals surface area (Å²) < 4.78 is 0. The molecule has 0 heteroatoms. The molecule has 0 nitrogen and oxygen atoms in total. The van der Waals surface area contributed by atoms with Crippen molar-refractivity contribution in [2.24, 2.45) is 17.3 Å². The maximum atomic E-state index is 4.30. The van der Waals surface area contributed by atoms with Gasteiger partial charge >= 0.3 is 0 Å². The molecule has 0 aromatic heterocycles. The van der Waals surface area contributed by atoms with Crippen LogP contribution in [-0.4, -0.2) is 0 Å². The Kier molecular flexibility index (Phi) is 2.79. The quantitative estimate of drug-likeness (QED) is 0.491. The lowest BCUT2D eigenvalue weighted by Gasteiger charge is -2.53. The van der Waals surface area contributed by atoms with Crippen molar-refractivity contribution in [2.75, 3.05) is 0 Å². The van der Waals surface area contributed by atoms with Gasteiger partial charge in [-0.05, 0) is 56.3 Å². The van der Waals surface area contributed by atoms with E-state index in [1.165, 1.54) is 37.7 Å². The third-order valence-corrected chi connectivity index (χ3v) is 4.57. The van der Waals surface area contributed by atoms with Gasteiger partial charge in [-0.25, -0.2) is 0 Å². The molecule has 1 saturated carbocycles. The summed E-state index contributed by atoms with van der Waals surface area (Å²) in [7, 11) is 0. The predicted molar refractivity (Wildman–Crippen MR) is 68.9 cm³/mol. The highest BCUT2D eigenvalue weighted by atomic mass is 14.5. The minimum Gasteiger partial charge on any atom is -0.0996 e. The third kappa shape index (κ3) is 2.04. The molecule has 0 aromatic rings. The summed E-state index contributed by atoms with van der Waals surface area (Å²) in [6, 6.07) is 0. The van der Waals surface area contributed by atoms with Crippen LogP contribution < -0.4 is 0 Å². The van der Waals surface area contributed by atoms with E-state index in [0.29, 0.717) is 5.41 Å². The van der Waals surface area contributed by atoms with Crippen LogP contribution in [0.15, 0.2) is 23.8 Å². The molecule has 1 unspecified atom stereocenters. The second-order valence-corrected chi connectivity index (χ2v) is 6.19. The van der Waals surface area contributed by atoms with Crippen LogP contribution in [0.1, 0.15) is 54.3 Å². The van der Waals surface area contributed by atoms with E-state index in [-0.39, 0.29) is 1.43 Å². The van der Waals surface area contributed by atoms with Gasteiger partial charge in [0.15, 0.2) is 0 Å². The van der Waals surface area contributed by atoms with Gasteiger partial charge in [-0.2, -0.15) is 0 Å². The Morgan fingerprint density at radius 1 is 1.40 bits per heavy atom. The van der Waals surface area contributed by atoms with E-state index in [9.17, 15) is 0 Å². The monoisotopic (exact) mass is 206 g/mol. The summed E-state index contributed by atoms with van der Waals surface area (Å²) >= 11 is 0. The maximum Gasteiger partial charge on any atom is 0 e. The van der Waals surface area contributed by atoms with Gasteiger partial charge in [0.25, 0.3) is 0 Å². The smallest absolute Gasteiger partial charge is 0 e. The number of rotatable bonds is 0. The van der Waals surface area contributed by atoms with Gasteiger partial charge in [-0.1, -0.05) is 37.6 Å². The Labute approximate surface area is 95.9 Å². The highest BCUT2D eigenvalue weighted by Gasteiger charge is 2.47. The summed E-state index contributed by atoms with van der Waals surface area (Å²) in [5, 5.41) is 0. The van der Waals surface area contributed by atoms with Crippen LogP contribution in [0.2, 0.25) is 0 Å². The van der Waals surface area contributed by atoms with Crippen molar-refractivity contribution in [1.82, 2.24) is 0 Å². The Hall–Kier alpha value is -0.520. The van der Waals surface area contributed by atoms with E-state index in [1.54, 1.807) is 5.57 Å². The molecule has 86 valence electrons.